The van der Waals surface area contributed by atoms with Crippen molar-refractivity contribution >= 4 is 22.6 Å². The van der Waals surface area contributed by atoms with E-state index in [0.717, 1.165) is 28.1 Å². The highest BCUT2D eigenvalue weighted by molar-refractivity contribution is 6.17. The Bertz CT molecular complexity index is 744. The number of benzene rings is 2. The predicted molar refractivity (Wildman–Crippen MR) is 80.2 cm³/mol. The topological polar surface area (TPSA) is 17.8 Å². The Kier molecular flexibility index (Phi) is 3.45. The fraction of sp³-hybridized carbons (Fsp3) is 0.188. The van der Waals surface area contributed by atoms with Gasteiger partial charge in [-0.15, -0.1) is 11.6 Å². The minimum atomic E-state index is -0.241. The number of nitrogens with zero attached hydrogens (tertiary/aromatic N) is 2. The monoisotopic (exact) mass is 288 g/mol. The van der Waals surface area contributed by atoms with E-state index in [2.05, 4.69) is 4.98 Å². The summed E-state index contributed by atoms with van der Waals surface area (Å²) >= 11 is 5.86. The van der Waals surface area contributed by atoms with Crippen molar-refractivity contribution in [1.82, 2.24) is 9.55 Å². The molecule has 0 saturated carbocycles. The molecule has 2 aromatic carbocycles. The Balaban J connectivity index is 2.29. The maximum Gasteiger partial charge on any atom is 0.125 e. The molecule has 3 rings (SSSR count). The predicted octanol–water partition coefficient (Wildman–Crippen LogP) is 4.25. The lowest BCUT2D eigenvalue weighted by Gasteiger charge is -2.10. The van der Waals surface area contributed by atoms with Gasteiger partial charge in [0, 0.05) is 12.3 Å². The van der Waals surface area contributed by atoms with E-state index in [1.54, 1.807) is 0 Å². The van der Waals surface area contributed by atoms with Gasteiger partial charge >= 0.3 is 0 Å². The molecule has 0 spiro atoms. The summed E-state index contributed by atoms with van der Waals surface area (Å²) in [6.45, 7) is 1.88. The second-order valence-corrected chi connectivity index (χ2v) is 5.16. The SMILES string of the molecule is Cc1cc(F)cc(-n2c(CCCl)nc3ccccc32)c1. The van der Waals surface area contributed by atoms with Crippen LogP contribution in [0.2, 0.25) is 0 Å². The summed E-state index contributed by atoms with van der Waals surface area (Å²) in [7, 11) is 0. The molecule has 0 N–H and O–H groups in total. The Morgan fingerprint density at radius 2 is 2.00 bits per heavy atom. The van der Waals surface area contributed by atoms with Crippen LogP contribution < -0.4 is 0 Å². The highest BCUT2D eigenvalue weighted by Gasteiger charge is 2.12. The van der Waals surface area contributed by atoms with Crippen molar-refractivity contribution in [2.45, 2.75) is 13.3 Å². The van der Waals surface area contributed by atoms with E-state index >= 15 is 0 Å². The molecule has 0 radical (unpaired) electrons. The van der Waals surface area contributed by atoms with E-state index in [9.17, 15) is 4.39 Å². The summed E-state index contributed by atoms with van der Waals surface area (Å²) in [5.41, 5.74) is 3.54. The van der Waals surface area contributed by atoms with Crippen molar-refractivity contribution in [3.05, 3.63) is 59.7 Å². The average molecular weight is 289 g/mol. The zero-order chi connectivity index (χ0) is 14.1. The number of rotatable bonds is 3. The molecule has 102 valence electrons. The van der Waals surface area contributed by atoms with Crippen LogP contribution in [0.1, 0.15) is 11.4 Å². The molecule has 1 heterocycles. The molecule has 1 aromatic heterocycles. The smallest absolute Gasteiger partial charge is 0.125 e. The van der Waals surface area contributed by atoms with Gasteiger partial charge in [-0.25, -0.2) is 9.37 Å². The molecular formula is C16H14ClFN2. The summed E-state index contributed by atoms with van der Waals surface area (Å²) in [4.78, 5) is 4.59. The van der Waals surface area contributed by atoms with Gasteiger partial charge < -0.3 is 0 Å². The lowest BCUT2D eigenvalue weighted by Crippen LogP contribution is -2.03. The normalized spacial score (nSPS) is 11.2. The molecule has 0 fully saturated rings. The molecule has 0 saturated heterocycles. The van der Waals surface area contributed by atoms with E-state index in [4.69, 9.17) is 11.6 Å². The lowest BCUT2D eigenvalue weighted by molar-refractivity contribution is 0.625. The summed E-state index contributed by atoms with van der Waals surface area (Å²) in [6, 6.07) is 12.8. The fourth-order valence-electron chi connectivity index (χ4n) is 2.46. The van der Waals surface area contributed by atoms with E-state index in [0.29, 0.717) is 12.3 Å². The summed E-state index contributed by atoms with van der Waals surface area (Å²) in [6.07, 6.45) is 0.645. The third kappa shape index (κ3) is 2.29. The number of aromatic nitrogens is 2. The molecule has 0 aliphatic carbocycles. The summed E-state index contributed by atoms with van der Waals surface area (Å²) in [5.74, 6) is 1.10. The van der Waals surface area contributed by atoms with Crippen LogP contribution in [0.4, 0.5) is 4.39 Å². The largest absolute Gasteiger partial charge is 0.296 e. The molecular weight excluding hydrogens is 275 g/mol. The number of alkyl halides is 1. The van der Waals surface area contributed by atoms with Crippen molar-refractivity contribution < 1.29 is 4.39 Å². The number of hydrogen-bond acceptors (Lipinski definition) is 1. The minimum Gasteiger partial charge on any atom is -0.296 e. The molecule has 0 aliphatic rings. The maximum absolute atomic E-state index is 13.7. The highest BCUT2D eigenvalue weighted by atomic mass is 35.5. The van der Waals surface area contributed by atoms with Gasteiger partial charge in [-0.3, -0.25) is 4.57 Å². The Labute approximate surface area is 121 Å². The van der Waals surface area contributed by atoms with Crippen LogP contribution in [0.25, 0.3) is 16.7 Å². The van der Waals surface area contributed by atoms with Crippen LogP contribution in [-0.2, 0) is 6.42 Å². The van der Waals surface area contributed by atoms with Gasteiger partial charge in [-0.2, -0.15) is 0 Å². The summed E-state index contributed by atoms with van der Waals surface area (Å²) < 4.78 is 15.7. The van der Waals surface area contributed by atoms with Crippen LogP contribution in [0.3, 0.4) is 0 Å². The zero-order valence-electron chi connectivity index (χ0n) is 11.1. The number of para-hydroxylation sites is 2. The number of halogens is 2. The Morgan fingerprint density at radius 3 is 2.75 bits per heavy atom. The minimum absolute atomic E-state index is 0.241. The molecule has 20 heavy (non-hydrogen) atoms. The molecule has 2 nitrogen and oxygen atoms in total. The molecule has 3 aromatic rings. The fourth-order valence-corrected chi connectivity index (χ4v) is 2.63. The third-order valence-corrected chi connectivity index (χ3v) is 3.42. The number of hydrogen-bond donors (Lipinski definition) is 0. The Hall–Kier alpha value is -1.87. The molecule has 0 amide bonds. The third-order valence-electron chi connectivity index (χ3n) is 3.23. The standard InChI is InChI=1S/C16H14ClFN2/c1-11-8-12(18)10-13(9-11)20-15-5-3-2-4-14(15)19-16(20)6-7-17/h2-5,8-10H,6-7H2,1H3. The molecule has 0 aliphatic heterocycles. The van der Waals surface area contributed by atoms with Crippen LogP contribution in [0.15, 0.2) is 42.5 Å². The van der Waals surface area contributed by atoms with Crippen molar-refractivity contribution in [3.8, 4) is 5.69 Å². The summed E-state index contributed by atoms with van der Waals surface area (Å²) in [5, 5.41) is 0. The van der Waals surface area contributed by atoms with Gasteiger partial charge in [0.15, 0.2) is 0 Å². The molecule has 0 bridgehead atoms. The van der Waals surface area contributed by atoms with E-state index in [-0.39, 0.29) is 5.82 Å². The van der Waals surface area contributed by atoms with Crippen molar-refractivity contribution in [3.63, 3.8) is 0 Å². The quantitative estimate of drug-likeness (QED) is 0.659. The van der Waals surface area contributed by atoms with Crippen molar-refractivity contribution in [1.29, 1.82) is 0 Å². The molecule has 4 heteroatoms. The van der Waals surface area contributed by atoms with Gasteiger partial charge in [-0.1, -0.05) is 12.1 Å². The van der Waals surface area contributed by atoms with Gasteiger partial charge in [0.2, 0.25) is 0 Å². The average Bonchev–Trinajstić information content (AvgIpc) is 2.76. The second kappa shape index (κ2) is 5.25. The van der Waals surface area contributed by atoms with E-state index < -0.39 is 0 Å². The zero-order valence-corrected chi connectivity index (χ0v) is 11.9. The lowest BCUT2D eigenvalue weighted by atomic mass is 10.2. The van der Waals surface area contributed by atoms with Gasteiger partial charge in [0.25, 0.3) is 0 Å². The van der Waals surface area contributed by atoms with E-state index in [1.165, 1.54) is 12.1 Å². The first kappa shape index (κ1) is 13.1. The van der Waals surface area contributed by atoms with Gasteiger partial charge in [0.1, 0.15) is 11.6 Å². The van der Waals surface area contributed by atoms with Crippen molar-refractivity contribution in [2.24, 2.45) is 0 Å². The molecule has 0 atom stereocenters. The van der Waals surface area contributed by atoms with Gasteiger partial charge in [0.05, 0.1) is 16.7 Å². The van der Waals surface area contributed by atoms with Crippen LogP contribution in [-0.4, -0.2) is 15.4 Å². The van der Waals surface area contributed by atoms with Crippen LogP contribution in [0.5, 0.6) is 0 Å². The van der Waals surface area contributed by atoms with E-state index in [1.807, 2.05) is 41.8 Å². The van der Waals surface area contributed by atoms with Crippen molar-refractivity contribution in [2.75, 3.05) is 5.88 Å². The van der Waals surface area contributed by atoms with Crippen LogP contribution >= 0.6 is 11.6 Å². The van der Waals surface area contributed by atoms with Crippen LogP contribution in [0, 0.1) is 12.7 Å². The number of imidazole rings is 1. The Morgan fingerprint density at radius 1 is 1.20 bits per heavy atom. The first-order chi connectivity index (χ1) is 9.69. The molecule has 0 unspecified atom stereocenters. The number of fused-ring (bicyclic) bond motifs is 1. The first-order valence-electron chi connectivity index (χ1n) is 6.49. The van der Waals surface area contributed by atoms with Gasteiger partial charge in [-0.05, 0) is 42.8 Å². The number of aryl methyl sites for hydroxylation is 2. The second-order valence-electron chi connectivity index (χ2n) is 4.78. The first-order valence-corrected chi connectivity index (χ1v) is 7.02. The highest BCUT2D eigenvalue weighted by Crippen LogP contribution is 2.23. The maximum atomic E-state index is 13.7.